The van der Waals surface area contributed by atoms with E-state index >= 15 is 0 Å². The molecule has 0 saturated carbocycles. The van der Waals surface area contributed by atoms with Crippen LogP contribution in [-0.2, 0) is 32.8 Å². The van der Waals surface area contributed by atoms with Gasteiger partial charge in [0.2, 0.25) is 29.6 Å². The van der Waals surface area contributed by atoms with Crippen LogP contribution < -0.4 is 30.9 Å². The zero-order valence-electron chi connectivity index (χ0n) is 39.1. The molecule has 5 amide bonds. The second-order valence-electron chi connectivity index (χ2n) is 17.2. The van der Waals surface area contributed by atoms with Gasteiger partial charge in [0.1, 0.15) is 11.8 Å². The number of hydrogen-bond donors (Lipinski definition) is 4. The minimum absolute atomic E-state index is 0.111. The third-order valence-corrected chi connectivity index (χ3v) is 12.5. The molecule has 4 heterocycles. The summed E-state index contributed by atoms with van der Waals surface area (Å²) in [5, 5.41) is 12.7. The van der Waals surface area contributed by atoms with E-state index in [1.54, 1.807) is 31.5 Å². The molecule has 68 heavy (non-hydrogen) atoms. The van der Waals surface area contributed by atoms with Crippen LogP contribution in [0.2, 0.25) is 0 Å². The highest BCUT2D eigenvalue weighted by atomic mass is 16.5. The first-order valence-electron chi connectivity index (χ1n) is 23.2. The average molecular weight is 921 g/mol. The maximum absolute atomic E-state index is 13.1. The van der Waals surface area contributed by atoms with Crippen LogP contribution in [0.5, 0.6) is 5.75 Å². The summed E-state index contributed by atoms with van der Waals surface area (Å²) in [7, 11) is 5.57. The number of ether oxygens (including phenoxy) is 1. The number of anilines is 5. The lowest BCUT2D eigenvalue weighted by molar-refractivity contribution is -0.137. The fourth-order valence-corrected chi connectivity index (χ4v) is 8.90. The normalized spacial score (nSPS) is 14.4. The van der Waals surface area contributed by atoms with Crippen LogP contribution in [0.4, 0.5) is 28.7 Å². The van der Waals surface area contributed by atoms with E-state index in [4.69, 9.17) is 16.1 Å². The first-order chi connectivity index (χ1) is 33.0. The van der Waals surface area contributed by atoms with Gasteiger partial charge in [-0.3, -0.25) is 34.2 Å². The summed E-state index contributed by atoms with van der Waals surface area (Å²) >= 11 is 0. The number of para-hydroxylation sites is 1. The van der Waals surface area contributed by atoms with Crippen LogP contribution in [0.25, 0.3) is 22.2 Å². The summed E-state index contributed by atoms with van der Waals surface area (Å²) in [4.78, 5) is 78.0. The number of fused-ring (bicyclic) bond motifs is 2. The number of hydrogen-bond acceptors (Lipinski definition) is 11. The monoisotopic (exact) mass is 920 g/mol. The van der Waals surface area contributed by atoms with E-state index in [1.807, 2.05) is 44.4 Å². The topological polar surface area (TPSA) is 183 Å². The number of likely N-dealkylation sites (N-methyl/N-ethyl adjacent to an activating group) is 1. The zero-order valence-corrected chi connectivity index (χ0v) is 39.1. The molecular formula is C52H60N10O6. The number of aromatic nitrogens is 3. The van der Waals surface area contributed by atoms with Crippen molar-refractivity contribution in [1.29, 1.82) is 0 Å². The van der Waals surface area contributed by atoms with Crippen LogP contribution in [0.3, 0.4) is 0 Å². The maximum atomic E-state index is 13.1. The molecule has 0 spiro atoms. The van der Waals surface area contributed by atoms with Gasteiger partial charge in [-0.25, -0.2) is 9.97 Å². The minimum atomic E-state index is -0.709. The van der Waals surface area contributed by atoms with E-state index in [0.717, 1.165) is 79.3 Å². The summed E-state index contributed by atoms with van der Waals surface area (Å²) in [5.74, 6) is 2.19. The van der Waals surface area contributed by atoms with Crippen molar-refractivity contribution in [2.45, 2.75) is 76.8 Å². The number of amides is 5. The average Bonchev–Trinajstić information content (AvgIpc) is 3.86. The van der Waals surface area contributed by atoms with Crippen LogP contribution in [0, 0.1) is 12.3 Å². The van der Waals surface area contributed by atoms with Crippen molar-refractivity contribution in [3.8, 4) is 29.4 Å². The number of methoxy groups -OCH3 is 1. The molecule has 4 N–H and O–H groups in total. The van der Waals surface area contributed by atoms with E-state index in [0.29, 0.717) is 65.9 Å². The number of aryl methyl sites for hydroxylation is 1. The quantitative estimate of drug-likeness (QED) is 0.0222. The molecule has 16 heteroatoms. The number of benzene rings is 3. The summed E-state index contributed by atoms with van der Waals surface area (Å²) in [5.41, 5.74) is 6.49. The van der Waals surface area contributed by atoms with Gasteiger partial charge in [0.05, 0.1) is 36.4 Å². The molecule has 1 fully saturated rings. The van der Waals surface area contributed by atoms with Gasteiger partial charge in [-0.05, 0) is 62.2 Å². The van der Waals surface area contributed by atoms with Crippen molar-refractivity contribution in [2.24, 2.45) is 7.05 Å². The van der Waals surface area contributed by atoms with E-state index in [-0.39, 0.29) is 43.0 Å². The van der Waals surface area contributed by atoms with Gasteiger partial charge < -0.3 is 35.1 Å². The first-order valence-corrected chi connectivity index (χ1v) is 23.2. The van der Waals surface area contributed by atoms with Gasteiger partial charge >= 0.3 is 0 Å². The van der Waals surface area contributed by atoms with Crippen LogP contribution in [-0.4, -0.2) is 100 Å². The number of rotatable bonds is 23. The Bertz CT molecular complexity index is 2720. The Labute approximate surface area is 397 Å². The second kappa shape index (κ2) is 22.8. The number of nitrogens with zero attached hydrogens (tertiary/aromatic N) is 6. The molecule has 0 radical (unpaired) electrons. The number of carbonyl (C=O) groups is 5. The lowest BCUT2D eigenvalue weighted by Gasteiger charge is -2.29. The number of unbranched alkanes of at least 4 members (excludes halogenated alkanes) is 6. The Balaban J connectivity index is 0.851. The molecule has 0 bridgehead atoms. The van der Waals surface area contributed by atoms with Crippen molar-refractivity contribution in [3.63, 3.8) is 0 Å². The van der Waals surface area contributed by atoms with Gasteiger partial charge in [-0.1, -0.05) is 68.9 Å². The predicted molar refractivity (Wildman–Crippen MR) is 266 cm³/mol. The Morgan fingerprint density at radius 2 is 1.72 bits per heavy atom. The lowest BCUT2D eigenvalue weighted by atomic mass is 10.0. The van der Waals surface area contributed by atoms with E-state index in [9.17, 15) is 24.0 Å². The molecular weight excluding hydrogens is 861 g/mol. The summed E-state index contributed by atoms with van der Waals surface area (Å²) < 4.78 is 7.93. The molecule has 354 valence electrons. The van der Waals surface area contributed by atoms with E-state index in [1.165, 1.54) is 11.0 Å². The number of terminal acetylenes is 1. The minimum Gasteiger partial charge on any atom is -0.494 e. The molecule has 7 rings (SSSR count). The highest BCUT2D eigenvalue weighted by Gasteiger charge is 2.40. The molecule has 2 aliphatic heterocycles. The Morgan fingerprint density at radius 1 is 0.941 bits per heavy atom. The zero-order chi connectivity index (χ0) is 48.2. The molecule has 2 aliphatic rings. The molecule has 2 aromatic heterocycles. The third kappa shape index (κ3) is 11.7. The fraction of sp³-hybridized carbons (Fsp3) is 0.365. The molecule has 5 aromatic rings. The Kier molecular flexibility index (Phi) is 16.2. The fourth-order valence-electron chi connectivity index (χ4n) is 8.90. The van der Waals surface area contributed by atoms with Crippen molar-refractivity contribution in [2.75, 3.05) is 61.2 Å². The van der Waals surface area contributed by atoms with Crippen LogP contribution >= 0.6 is 0 Å². The molecule has 1 atom stereocenters. The Morgan fingerprint density at radius 3 is 2.49 bits per heavy atom. The third-order valence-electron chi connectivity index (χ3n) is 12.5. The maximum Gasteiger partial charge on any atom is 0.255 e. The highest BCUT2D eigenvalue weighted by molar-refractivity contribution is 6.07. The first kappa shape index (κ1) is 48.4. The Hall–Kier alpha value is -7.51. The standard InChI is InChI=1S/C52H60N10O6/c1-6-27-61(28-16-12-10-8-9-11-13-22-48(64)54-39-20-17-19-36-38(39)34-62(51(36)67)44-23-24-49(65)58-50(44)66)30-29-59(3)45-32-46(68-5)42(31-41(45)55-47(63)7-2)57-52-53-26-25-40(56-52)37-33-60(4)43-21-15-14-18-35(37)43/h1,7,14-15,17-21,25-26,31-33,44H,2,8-13,16,22-24,27-30,34H2,3-5H3,(H,54,64)(H,55,63)(H,53,56,57)(H,58,65,66). The van der Waals surface area contributed by atoms with Crippen LogP contribution in [0.15, 0.2) is 85.7 Å². The molecule has 1 saturated heterocycles. The largest absolute Gasteiger partial charge is 0.494 e. The van der Waals surface area contributed by atoms with E-state index < -0.39 is 11.9 Å². The van der Waals surface area contributed by atoms with Crippen molar-refractivity contribution >= 4 is 69.1 Å². The number of piperidine rings is 1. The second-order valence-corrected chi connectivity index (χ2v) is 17.2. The number of carbonyl (C=O) groups excluding carboxylic acids is 5. The van der Waals surface area contributed by atoms with Crippen molar-refractivity contribution < 1.29 is 28.7 Å². The van der Waals surface area contributed by atoms with Gasteiger partial charge in [0.25, 0.3) is 5.91 Å². The SMILES string of the molecule is C#CCN(CCCCCCCCCC(=O)Nc1cccc2c1CN(C1CCC(=O)NC1=O)C2=O)CCN(C)c1cc(OC)c(Nc2nccc(-c3cn(C)c4ccccc34)n2)cc1NC(=O)C=C. The molecule has 3 aromatic carbocycles. The van der Waals surface area contributed by atoms with Gasteiger partial charge in [0, 0.05) is 98.3 Å². The highest BCUT2D eigenvalue weighted by Crippen LogP contribution is 2.39. The van der Waals surface area contributed by atoms with Gasteiger partial charge in [-0.2, -0.15) is 0 Å². The molecule has 1 unspecified atom stereocenters. The van der Waals surface area contributed by atoms with Gasteiger partial charge in [-0.15, -0.1) is 6.42 Å². The van der Waals surface area contributed by atoms with E-state index in [2.05, 4.69) is 71.4 Å². The number of nitrogens with one attached hydrogen (secondary N) is 4. The molecule has 16 nitrogen and oxygen atoms in total. The predicted octanol–water partition coefficient (Wildman–Crippen LogP) is 7.40. The van der Waals surface area contributed by atoms with Crippen LogP contribution in [0.1, 0.15) is 80.1 Å². The lowest BCUT2D eigenvalue weighted by Crippen LogP contribution is -2.52. The summed E-state index contributed by atoms with van der Waals surface area (Å²) in [6.45, 7) is 6.55. The van der Waals surface area contributed by atoms with Gasteiger partial charge in [0.15, 0.2) is 0 Å². The molecule has 0 aliphatic carbocycles. The van der Waals surface area contributed by atoms with Crippen molar-refractivity contribution in [3.05, 3.63) is 96.8 Å². The summed E-state index contributed by atoms with van der Waals surface area (Å²) in [6, 6.07) is 18.3. The smallest absolute Gasteiger partial charge is 0.255 e. The number of imide groups is 1. The summed E-state index contributed by atoms with van der Waals surface area (Å²) in [6.07, 6.45) is 18.5. The van der Waals surface area contributed by atoms with Crippen molar-refractivity contribution in [1.82, 2.24) is 29.7 Å².